The molecule has 26 heavy (non-hydrogen) atoms. The topological polar surface area (TPSA) is 122 Å². The Balaban J connectivity index is 2.55. The number of carbonyl (C=O) groups is 2. The first-order chi connectivity index (χ1) is 12.4. The highest BCUT2D eigenvalue weighted by Crippen LogP contribution is 2.37. The van der Waals surface area contributed by atoms with Crippen LogP contribution in [0.5, 0.6) is 0 Å². The molecule has 1 aromatic rings. The number of allylic oxidation sites excluding steroid dienone is 1. The van der Waals surface area contributed by atoms with E-state index in [0.717, 1.165) is 0 Å². The van der Waals surface area contributed by atoms with Gasteiger partial charge < -0.3 is 20.1 Å². The molecule has 0 bridgehead atoms. The lowest BCUT2D eigenvalue weighted by atomic mass is 9.96. The molecule has 0 radical (unpaired) electrons. The van der Waals surface area contributed by atoms with Gasteiger partial charge in [-0.3, -0.25) is 19.7 Å². The number of aliphatic hydroxyl groups is 1. The first kappa shape index (κ1) is 19.5. The molecule has 1 aromatic carbocycles. The fourth-order valence-corrected chi connectivity index (χ4v) is 2.93. The van der Waals surface area contributed by atoms with Gasteiger partial charge in [0, 0.05) is 38.0 Å². The van der Waals surface area contributed by atoms with Gasteiger partial charge >= 0.3 is 0 Å². The number of methoxy groups -OCH3 is 1. The zero-order chi connectivity index (χ0) is 19.3. The smallest absolute Gasteiger partial charge is 0.295 e. The largest absolute Gasteiger partial charge is 0.395 e. The Morgan fingerprint density at radius 3 is 2.77 bits per heavy atom. The Hall–Kier alpha value is -2.78. The first-order valence-corrected chi connectivity index (χ1v) is 8.06. The molecule has 2 N–H and O–H groups in total. The van der Waals surface area contributed by atoms with Gasteiger partial charge in [0.15, 0.2) is 0 Å². The van der Waals surface area contributed by atoms with Gasteiger partial charge in [-0.05, 0) is 12.5 Å². The van der Waals surface area contributed by atoms with Crippen molar-refractivity contribution < 1.29 is 24.4 Å². The number of Topliss-reactive ketones (excluding diaryl/α,β-unsaturated/α-hetero) is 1. The lowest BCUT2D eigenvalue weighted by Gasteiger charge is -2.25. The molecule has 1 atom stereocenters. The molecule has 1 fully saturated rings. The number of non-ortho nitro benzene ring substituents is 1. The summed E-state index contributed by atoms with van der Waals surface area (Å²) in [5, 5.41) is 23.0. The molecular formula is C17H21N3O6. The highest BCUT2D eigenvalue weighted by Gasteiger charge is 2.45. The zero-order valence-corrected chi connectivity index (χ0v) is 14.6. The summed E-state index contributed by atoms with van der Waals surface area (Å²) >= 11 is 0. The van der Waals surface area contributed by atoms with E-state index >= 15 is 0 Å². The Kier molecular flexibility index (Phi) is 6.42. The zero-order valence-electron chi connectivity index (χ0n) is 14.6. The van der Waals surface area contributed by atoms with Crippen LogP contribution in [0.15, 0.2) is 35.5 Å². The van der Waals surface area contributed by atoms with E-state index in [1.54, 1.807) is 13.0 Å². The van der Waals surface area contributed by atoms with Crippen LogP contribution in [0, 0.1) is 10.1 Å². The highest BCUT2D eigenvalue weighted by atomic mass is 16.6. The van der Waals surface area contributed by atoms with Crippen LogP contribution < -0.4 is 5.32 Å². The van der Waals surface area contributed by atoms with Crippen LogP contribution in [0.4, 0.5) is 5.69 Å². The van der Waals surface area contributed by atoms with E-state index in [1.165, 1.54) is 30.2 Å². The molecule has 140 valence electrons. The molecule has 1 amide bonds. The molecule has 9 nitrogen and oxygen atoms in total. The molecule has 1 aliphatic rings. The number of nitrogens with one attached hydrogen (secondary N) is 1. The van der Waals surface area contributed by atoms with Gasteiger partial charge in [0.05, 0.1) is 29.8 Å². The third-order valence-electron chi connectivity index (χ3n) is 4.12. The van der Waals surface area contributed by atoms with Gasteiger partial charge in [-0.2, -0.15) is 0 Å². The number of aliphatic hydroxyl groups excluding tert-OH is 1. The number of nitrogens with zero attached hydrogens (tertiary/aromatic N) is 2. The number of likely N-dealkylation sites (tertiary alicyclic amines) is 1. The van der Waals surface area contributed by atoms with Gasteiger partial charge in [-0.25, -0.2) is 0 Å². The molecule has 2 rings (SSSR count). The van der Waals surface area contributed by atoms with Crippen molar-refractivity contribution in [1.29, 1.82) is 0 Å². The number of nitro groups is 1. The molecule has 9 heteroatoms. The lowest BCUT2D eigenvalue weighted by Crippen LogP contribution is -2.32. The Labute approximate surface area is 150 Å². The number of hydrogen-bond acceptors (Lipinski definition) is 7. The molecule has 1 aliphatic heterocycles. The Morgan fingerprint density at radius 2 is 2.15 bits per heavy atom. The Bertz CT molecular complexity index is 746. The van der Waals surface area contributed by atoms with Crippen molar-refractivity contribution in [3.8, 4) is 0 Å². The SMILES string of the molecule is COCCN1C(=O)C(=O)/C(=C(/C)NCCO)[C@@H]1c1cccc([N+](=O)[O-])c1. The number of ether oxygens (including phenoxy) is 1. The van der Waals surface area contributed by atoms with E-state index in [2.05, 4.69) is 5.32 Å². The standard InChI is InChI=1S/C17H21N3O6/c1-11(18-6-8-21)14-15(12-4-3-5-13(10-12)20(24)25)19(7-9-26-2)17(23)16(14)22/h3-5,10,15,18,21H,6-9H2,1-2H3/b14-11-/t15-/m0/s1. The van der Waals surface area contributed by atoms with E-state index in [0.29, 0.717) is 11.3 Å². The van der Waals surface area contributed by atoms with Gasteiger partial charge in [-0.1, -0.05) is 12.1 Å². The number of amides is 1. The van der Waals surface area contributed by atoms with Crippen LogP contribution >= 0.6 is 0 Å². The van der Waals surface area contributed by atoms with Crippen molar-refractivity contribution in [1.82, 2.24) is 10.2 Å². The number of carbonyl (C=O) groups excluding carboxylic acids is 2. The number of rotatable bonds is 8. The molecule has 0 aliphatic carbocycles. The maximum absolute atomic E-state index is 12.6. The second kappa shape index (κ2) is 8.54. The Morgan fingerprint density at radius 1 is 1.42 bits per heavy atom. The summed E-state index contributed by atoms with van der Waals surface area (Å²) < 4.78 is 5.02. The highest BCUT2D eigenvalue weighted by molar-refractivity contribution is 6.45. The van der Waals surface area contributed by atoms with E-state index in [9.17, 15) is 19.7 Å². The summed E-state index contributed by atoms with van der Waals surface area (Å²) in [4.78, 5) is 37.0. The predicted octanol–water partition coefficient (Wildman–Crippen LogP) is 0.550. The number of nitro benzene ring substituents is 1. The molecule has 1 saturated heterocycles. The minimum Gasteiger partial charge on any atom is -0.395 e. The molecular weight excluding hydrogens is 342 g/mol. The molecule has 0 saturated carbocycles. The van der Waals surface area contributed by atoms with E-state index < -0.39 is 22.7 Å². The molecule has 1 heterocycles. The van der Waals surface area contributed by atoms with Gasteiger partial charge in [0.1, 0.15) is 0 Å². The van der Waals surface area contributed by atoms with E-state index in [1.807, 2.05) is 0 Å². The number of benzene rings is 1. The molecule has 0 aromatic heterocycles. The van der Waals surface area contributed by atoms with Crippen LogP contribution in [0.25, 0.3) is 0 Å². The quantitative estimate of drug-likeness (QED) is 0.299. The van der Waals surface area contributed by atoms with Crippen molar-refractivity contribution in [2.24, 2.45) is 0 Å². The normalized spacial score (nSPS) is 19.0. The average Bonchev–Trinajstić information content (AvgIpc) is 2.89. The maximum atomic E-state index is 12.6. The summed E-state index contributed by atoms with van der Waals surface area (Å²) in [5.74, 6) is -1.35. The lowest BCUT2D eigenvalue weighted by molar-refractivity contribution is -0.384. The van der Waals surface area contributed by atoms with Crippen LogP contribution in [-0.2, 0) is 14.3 Å². The van der Waals surface area contributed by atoms with Gasteiger partial charge in [0.2, 0.25) is 0 Å². The maximum Gasteiger partial charge on any atom is 0.295 e. The van der Waals surface area contributed by atoms with Crippen LogP contribution in [0.2, 0.25) is 0 Å². The fourth-order valence-electron chi connectivity index (χ4n) is 2.93. The first-order valence-electron chi connectivity index (χ1n) is 8.06. The minimum absolute atomic E-state index is 0.124. The summed E-state index contributed by atoms with van der Waals surface area (Å²) in [7, 11) is 1.48. The van der Waals surface area contributed by atoms with E-state index in [-0.39, 0.29) is 37.6 Å². The molecule has 0 spiro atoms. The minimum atomic E-state index is -0.753. The van der Waals surface area contributed by atoms with Gasteiger partial charge in [-0.15, -0.1) is 0 Å². The second-order valence-electron chi connectivity index (χ2n) is 5.76. The van der Waals surface area contributed by atoms with Gasteiger partial charge in [0.25, 0.3) is 17.4 Å². The van der Waals surface area contributed by atoms with Crippen molar-refractivity contribution >= 4 is 17.4 Å². The number of hydrogen-bond donors (Lipinski definition) is 2. The van der Waals surface area contributed by atoms with Crippen LogP contribution in [0.1, 0.15) is 18.5 Å². The van der Waals surface area contributed by atoms with Crippen LogP contribution in [0.3, 0.4) is 0 Å². The third kappa shape index (κ3) is 3.89. The fraction of sp³-hybridized carbons (Fsp3) is 0.412. The van der Waals surface area contributed by atoms with Crippen molar-refractivity contribution in [3.05, 3.63) is 51.2 Å². The van der Waals surface area contributed by atoms with Crippen molar-refractivity contribution in [2.45, 2.75) is 13.0 Å². The number of ketones is 1. The summed E-state index contributed by atoms with van der Waals surface area (Å²) in [6.07, 6.45) is 0. The molecule has 0 unspecified atom stereocenters. The monoisotopic (exact) mass is 363 g/mol. The summed E-state index contributed by atoms with van der Waals surface area (Å²) in [5.41, 5.74) is 1.02. The predicted molar refractivity (Wildman–Crippen MR) is 92.2 cm³/mol. The van der Waals surface area contributed by atoms with Crippen LogP contribution in [-0.4, -0.2) is 60.0 Å². The third-order valence-corrected chi connectivity index (χ3v) is 4.12. The second-order valence-corrected chi connectivity index (χ2v) is 5.76. The summed E-state index contributed by atoms with van der Waals surface area (Å²) in [6.45, 7) is 2.12. The van der Waals surface area contributed by atoms with E-state index in [4.69, 9.17) is 9.84 Å². The average molecular weight is 363 g/mol. The van der Waals surface area contributed by atoms with Crippen molar-refractivity contribution in [2.75, 3.05) is 33.4 Å². The summed E-state index contributed by atoms with van der Waals surface area (Å²) in [6, 6.07) is 5.11. The van der Waals surface area contributed by atoms with Crippen molar-refractivity contribution in [3.63, 3.8) is 0 Å².